The van der Waals surface area contributed by atoms with Crippen LogP contribution in [-0.4, -0.2) is 18.9 Å². The average molecular weight is 151 g/mol. The maximum Gasteiger partial charge on any atom is 0.138 e. The van der Waals surface area contributed by atoms with Gasteiger partial charge in [0.2, 0.25) is 0 Å². The quantitative estimate of drug-likeness (QED) is 0.560. The molecule has 2 nitrogen and oxygen atoms in total. The Bertz CT molecular complexity index is 212. The average Bonchev–Trinajstić information content (AvgIpc) is 2.25. The number of Topliss-reactive ketones (excluding diaryl/α,β-unsaturated/α-hetero) is 1. The van der Waals surface area contributed by atoms with Crippen LogP contribution in [0.1, 0.15) is 12.8 Å². The Morgan fingerprint density at radius 1 is 1.73 bits per heavy atom. The lowest BCUT2D eigenvalue weighted by atomic mass is 9.83. The molecule has 1 aliphatic heterocycles. The fraction of sp³-hybridized carbons (Fsp3) is 0.667. The number of carbonyl (C=O) groups excluding carboxylic acids is 1. The molecule has 0 radical (unpaired) electrons. The van der Waals surface area contributed by atoms with Crippen molar-refractivity contribution >= 4 is 5.78 Å². The summed E-state index contributed by atoms with van der Waals surface area (Å²) in [5, 5.41) is 3.28. The van der Waals surface area contributed by atoms with E-state index >= 15 is 0 Å². The van der Waals surface area contributed by atoms with Gasteiger partial charge in [-0.25, -0.2) is 0 Å². The first-order chi connectivity index (χ1) is 5.26. The molecule has 2 aliphatic rings. The van der Waals surface area contributed by atoms with Crippen molar-refractivity contribution in [3.05, 3.63) is 12.7 Å². The number of rotatable bonds is 1. The summed E-state index contributed by atoms with van der Waals surface area (Å²) < 4.78 is 0. The predicted molar refractivity (Wildman–Crippen MR) is 43.2 cm³/mol. The molecule has 1 heterocycles. The number of piperidine rings is 1. The molecule has 0 amide bonds. The molecule has 0 aromatic carbocycles. The van der Waals surface area contributed by atoms with Crippen LogP contribution in [0, 0.1) is 11.3 Å². The molecule has 2 bridgehead atoms. The lowest BCUT2D eigenvalue weighted by Crippen LogP contribution is -2.38. The first-order valence-electron chi connectivity index (χ1n) is 4.13. The highest BCUT2D eigenvalue weighted by molar-refractivity contribution is 5.85. The van der Waals surface area contributed by atoms with Crippen LogP contribution in [0.25, 0.3) is 0 Å². The molecule has 0 aromatic heterocycles. The van der Waals surface area contributed by atoms with Crippen molar-refractivity contribution in [2.24, 2.45) is 11.3 Å². The van der Waals surface area contributed by atoms with E-state index < -0.39 is 0 Å². The smallest absolute Gasteiger partial charge is 0.138 e. The summed E-state index contributed by atoms with van der Waals surface area (Å²) in [4.78, 5) is 11.3. The topological polar surface area (TPSA) is 29.1 Å². The summed E-state index contributed by atoms with van der Waals surface area (Å²) in [5.74, 6) is 0.705. The molecule has 11 heavy (non-hydrogen) atoms. The van der Waals surface area contributed by atoms with Gasteiger partial charge in [-0.05, 0) is 6.42 Å². The molecule has 2 fully saturated rings. The summed E-state index contributed by atoms with van der Waals surface area (Å²) in [6.45, 7) is 5.62. The van der Waals surface area contributed by atoms with Crippen molar-refractivity contribution in [2.75, 3.05) is 13.1 Å². The van der Waals surface area contributed by atoms with E-state index in [2.05, 4.69) is 11.9 Å². The number of hydrogen-bond acceptors (Lipinski definition) is 2. The molecule has 2 rings (SSSR count). The zero-order valence-electron chi connectivity index (χ0n) is 6.60. The van der Waals surface area contributed by atoms with Gasteiger partial charge in [-0.2, -0.15) is 0 Å². The summed E-state index contributed by atoms with van der Waals surface area (Å²) >= 11 is 0. The summed E-state index contributed by atoms with van der Waals surface area (Å²) in [6, 6.07) is 0. The van der Waals surface area contributed by atoms with E-state index in [1.54, 1.807) is 0 Å². The number of hydrogen-bond donors (Lipinski definition) is 1. The van der Waals surface area contributed by atoms with Crippen molar-refractivity contribution in [2.45, 2.75) is 12.8 Å². The largest absolute Gasteiger partial charge is 0.315 e. The van der Waals surface area contributed by atoms with Crippen molar-refractivity contribution in [1.29, 1.82) is 0 Å². The van der Waals surface area contributed by atoms with E-state index in [4.69, 9.17) is 0 Å². The minimum absolute atomic E-state index is 0.111. The molecular weight excluding hydrogens is 138 g/mol. The van der Waals surface area contributed by atoms with Crippen LogP contribution in [0.4, 0.5) is 0 Å². The molecule has 2 atom stereocenters. The van der Waals surface area contributed by atoms with E-state index in [0.717, 1.165) is 19.5 Å². The van der Waals surface area contributed by atoms with Crippen LogP contribution >= 0.6 is 0 Å². The third kappa shape index (κ3) is 0.932. The molecule has 1 saturated heterocycles. The van der Waals surface area contributed by atoms with E-state index in [1.165, 1.54) is 0 Å². The standard InChI is InChI=1S/C9H13NO/c1-2-9-3-7(5-10-6-9)8(11)4-9/h2,7,10H,1,3-6H2. The first-order valence-corrected chi connectivity index (χ1v) is 4.13. The first kappa shape index (κ1) is 7.04. The van der Waals surface area contributed by atoms with Gasteiger partial charge in [0.15, 0.2) is 0 Å². The van der Waals surface area contributed by atoms with Crippen molar-refractivity contribution < 1.29 is 4.79 Å². The van der Waals surface area contributed by atoms with Gasteiger partial charge >= 0.3 is 0 Å². The minimum atomic E-state index is 0.111. The lowest BCUT2D eigenvalue weighted by molar-refractivity contribution is -0.120. The number of carbonyl (C=O) groups is 1. The van der Waals surface area contributed by atoms with Crippen molar-refractivity contribution in [1.82, 2.24) is 5.32 Å². The van der Waals surface area contributed by atoms with Crippen LogP contribution in [0.2, 0.25) is 0 Å². The van der Waals surface area contributed by atoms with E-state index in [-0.39, 0.29) is 11.3 Å². The van der Waals surface area contributed by atoms with Gasteiger partial charge in [-0.15, -0.1) is 6.58 Å². The van der Waals surface area contributed by atoms with Gasteiger partial charge in [-0.1, -0.05) is 6.08 Å². The van der Waals surface area contributed by atoms with Crippen molar-refractivity contribution in [3.8, 4) is 0 Å². The van der Waals surface area contributed by atoms with Gasteiger partial charge in [0.05, 0.1) is 0 Å². The Kier molecular flexibility index (Phi) is 1.39. The van der Waals surface area contributed by atoms with E-state index in [9.17, 15) is 4.79 Å². The monoisotopic (exact) mass is 151 g/mol. The van der Waals surface area contributed by atoms with Gasteiger partial charge in [0, 0.05) is 30.8 Å². The molecule has 1 saturated carbocycles. The predicted octanol–water partition coefficient (Wildman–Crippen LogP) is 0.741. The normalized spacial score (nSPS) is 42.5. The van der Waals surface area contributed by atoms with Crippen molar-refractivity contribution in [3.63, 3.8) is 0 Å². The molecular formula is C9H13NO. The lowest BCUT2D eigenvalue weighted by Gasteiger charge is -2.29. The Hall–Kier alpha value is -0.630. The fourth-order valence-electron chi connectivity index (χ4n) is 2.21. The summed E-state index contributed by atoms with van der Waals surface area (Å²) in [6.07, 6.45) is 3.70. The van der Waals surface area contributed by atoms with Crippen LogP contribution in [0.15, 0.2) is 12.7 Å². The van der Waals surface area contributed by atoms with Crippen LogP contribution in [-0.2, 0) is 4.79 Å². The third-order valence-corrected chi connectivity index (χ3v) is 2.94. The zero-order valence-corrected chi connectivity index (χ0v) is 6.60. The van der Waals surface area contributed by atoms with Gasteiger partial charge in [-0.3, -0.25) is 4.79 Å². The molecule has 1 aliphatic carbocycles. The SMILES string of the molecule is C=CC12CNCC(C1)C(=O)C2. The Morgan fingerprint density at radius 3 is 3.18 bits per heavy atom. The molecule has 2 heteroatoms. The second kappa shape index (κ2) is 2.18. The summed E-state index contributed by atoms with van der Waals surface area (Å²) in [7, 11) is 0. The molecule has 2 unspecified atom stereocenters. The minimum Gasteiger partial charge on any atom is -0.315 e. The van der Waals surface area contributed by atoms with Crippen LogP contribution in [0.5, 0.6) is 0 Å². The Morgan fingerprint density at radius 2 is 2.55 bits per heavy atom. The molecule has 1 N–H and O–H groups in total. The highest BCUT2D eigenvalue weighted by Crippen LogP contribution is 2.42. The highest BCUT2D eigenvalue weighted by atomic mass is 16.1. The molecule has 60 valence electrons. The Balaban J connectivity index is 2.26. The second-order valence-electron chi connectivity index (χ2n) is 3.74. The second-order valence-corrected chi connectivity index (χ2v) is 3.74. The number of fused-ring (bicyclic) bond motifs is 2. The van der Waals surface area contributed by atoms with Gasteiger partial charge < -0.3 is 5.32 Å². The highest BCUT2D eigenvalue weighted by Gasteiger charge is 2.44. The van der Waals surface area contributed by atoms with Crippen LogP contribution in [0.3, 0.4) is 0 Å². The van der Waals surface area contributed by atoms with Crippen LogP contribution < -0.4 is 5.32 Å². The summed E-state index contributed by atoms with van der Waals surface area (Å²) in [5.41, 5.74) is 0.111. The zero-order chi connectivity index (χ0) is 7.90. The maximum absolute atomic E-state index is 11.3. The van der Waals surface area contributed by atoms with E-state index in [0.29, 0.717) is 12.2 Å². The van der Waals surface area contributed by atoms with Gasteiger partial charge in [0.1, 0.15) is 5.78 Å². The Labute approximate surface area is 66.7 Å². The number of ketones is 1. The maximum atomic E-state index is 11.3. The third-order valence-electron chi connectivity index (χ3n) is 2.94. The number of nitrogens with one attached hydrogen (secondary N) is 1. The molecule has 0 spiro atoms. The fourth-order valence-corrected chi connectivity index (χ4v) is 2.21. The van der Waals surface area contributed by atoms with Gasteiger partial charge in [0.25, 0.3) is 0 Å². The molecule has 0 aromatic rings. The van der Waals surface area contributed by atoms with E-state index in [1.807, 2.05) is 6.08 Å².